The van der Waals surface area contributed by atoms with Crippen molar-refractivity contribution in [3.8, 4) is 0 Å². The molecule has 0 amide bonds. The number of benzene rings is 2. The number of fused-ring (bicyclic) bond motifs is 1. The molecule has 0 bridgehead atoms. The normalized spacial score (nSPS) is 15.1. The molecule has 1 aliphatic carbocycles. The van der Waals surface area contributed by atoms with Crippen LogP contribution in [0.15, 0.2) is 65.2 Å². The van der Waals surface area contributed by atoms with Gasteiger partial charge < -0.3 is 0 Å². The molecule has 122 valence electrons. The van der Waals surface area contributed by atoms with Crippen molar-refractivity contribution in [2.45, 2.75) is 32.6 Å². The van der Waals surface area contributed by atoms with Crippen LogP contribution in [0.2, 0.25) is 0 Å². The topological polar surface area (TPSA) is 17.1 Å². The van der Waals surface area contributed by atoms with E-state index >= 15 is 0 Å². The van der Waals surface area contributed by atoms with Crippen molar-refractivity contribution in [2.75, 3.05) is 0 Å². The molecule has 0 unspecified atom stereocenters. The Bertz CT molecular complexity index is 796. The van der Waals surface area contributed by atoms with Crippen molar-refractivity contribution in [2.24, 2.45) is 0 Å². The lowest BCUT2D eigenvalue weighted by atomic mass is 9.89. The van der Waals surface area contributed by atoms with Crippen molar-refractivity contribution in [3.05, 3.63) is 87.4 Å². The molecule has 3 rings (SSSR count). The molecular formula is C22H21BrO. The Morgan fingerprint density at radius 2 is 1.62 bits per heavy atom. The summed E-state index contributed by atoms with van der Waals surface area (Å²) in [5, 5.41) is 0. The van der Waals surface area contributed by atoms with E-state index in [9.17, 15) is 4.79 Å². The largest absolute Gasteiger partial charge is 0.289 e. The molecule has 2 aromatic rings. The Balaban J connectivity index is 1.83. The van der Waals surface area contributed by atoms with Gasteiger partial charge in [0.05, 0.1) is 0 Å². The minimum Gasteiger partial charge on any atom is -0.289 e. The van der Waals surface area contributed by atoms with Crippen molar-refractivity contribution in [3.63, 3.8) is 0 Å². The number of hydrogen-bond acceptors (Lipinski definition) is 1. The molecule has 1 nitrogen and oxygen atoms in total. The lowest BCUT2D eigenvalue weighted by Crippen LogP contribution is -2.05. The minimum atomic E-state index is 0.0607. The monoisotopic (exact) mass is 380 g/mol. The maximum Gasteiger partial charge on any atom is 0.185 e. The van der Waals surface area contributed by atoms with Crippen molar-refractivity contribution in [1.82, 2.24) is 0 Å². The second kappa shape index (κ2) is 7.76. The van der Waals surface area contributed by atoms with Gasteiger partial charge >= 0.3 is 0 Å². The van der Waals surface area contributed by atoms with Crippen molar-refractivity contribution in [1.29, 1.82) is 0 Å². The lowest BCUT2D eigenvalue weighted by Gasteiger charge is -2.15. The summed E-state index contributed by atoms with van der Waals surface area (Å²) < 4.78 is 1.02. The predicted molar refractivity (Wildman–Crippen MR) is 105 cm³/mol. The number of ketones is 1. The maximum absolute atomic E-state index is 12.6. The number of aryl methyl sites for hydroxylation is 2. The van der Waals surface area contributed by atoms with Crippen LogP contribution in [0.3, 0.4) is 0 Å². The maximum atomic E-state index is 12.6. The van der Waals surface area contributed by atoms with Crippen molar-refractivity contribution < 1.29 is 4.79 Å². The fraction of sp³-hybridized carbons (Fsp3) is 0.227. The minimum absolute atomic E-state index is 0.0607. The summed E-state index contributed by atoms with van der Waals surface area (Å²) in [6, 6.07) is 16.3. The van der Waals surface area contributed by atoms with E-state index in [1.54, 1.807) is 6.08 Å². The highest BCUT2D eigenvalue weighted by atomic mass is 79.9. The Morgan fingerprint density at radius 1 is 0.917 bits per heavy atom. The molecule has 1 aliphatic rings. The second-order valence-electron chi connectivity index (χ2n) is 6.20. The Hall–Kier alpha value is -1.93. The Labute approximate surface area is 152 Å². The Kier molecular flexibility index (Phi) is 5.47. The summed E-state index contributed by atoms with van der Waals surface area (Å²) in [6.45, 7) is 2.00. The van der Waals surface area contributed by atoms with Crippen LogP contribution >= 0.6 is 15.9 Å². The second-order valence-corrected chi connectivity index (χ2v) is 7.39. The van der Waals surface area contributed by atoms with Crippen molar-refractivity contribution >= 4 is 27.3 Å². The van der Waals surface area contributed by atoms with E-state index in [1.165, 1.54) is 24.0 Å². The molecule has 0 radical (unpaired) electrons. The molecular weight excluding hydrogens is 360 g/mol. The number of carbonyl (C=O) groups is 1. The summed E-state index contributed by atoms with van der Waals surface area (Å²) in [4.78, 5) is 12.6. The van der Waals surface area contributed by atoms with Gasteiger partial charge in [-0.1, -0.05) is 58.4 Å². The van der Waals surface area contributed by atoms with Gasteiger partial charge in [0.1, 0.15) is 0 Å². The van der Waals surface area contributed by atoms with Crippen LogP contribution in [0.25, 0.3) is 5.57 Å². The highest BCUT2D eigenvalue weighted by Crippen LogP contribution is 2.25. The zero-order valence-electron chi connectivity index (χ0n) is 13.9. The van der Waals surface area contributed by atoms with Gasteiger partial charge in [0.2, 0.25) is 0 Å². The molecule has 0 saturated carbocycles. The van der Waals surface area contributed by atoms with Gasteiger partial charge in [-0.2, -0.15) is 0 Å². The average Bonchev–Trinajstić information content (AvgIpc) is 2.62. The first-order valence-corrected chi connectivity index (χ1v) is 9.20. The highest BCUT2D eigenvalue weighted by molar-refractivity contribution is 9.11. The van der Waals surface area contributed by atoms with Gasteiger partial charge in [0.15, 0.2) is 5.78 Å². The molecule has 0 spiro atoms. The third-order valence-corrected chi connectivity index (χ3v) is 4.92. The molecule has 0 aliphatic heterocycles. The fourth-order valence-corrected chi connectivity index (χ4v) is 3.53. The summed E-state index contributed by atoms with van der Waals surface area (Å²) in [5.74, 6) is 0.0607. The van der Waals surface area contributed by atoms with Crippen LogP contribution in [0.4, 0.5) is 0 Å². The molecule has 0 aromatic heterocycles. The van der Waals surface area contributed by atoms with Gasteiger partial charge in [0, 0.05) is 5.56 Å². The van der Waals surface area contributed by atoms with Gasteiger partial charge in [-0.3, -0.25) is 4.79 Å². The first-order valence-electron chi connectivity index (χ1n) is 8.41. The van der Waals surface area contributed by atoms with Gasteiger partial charge in [0.25, 0.3) is 0 Å². The molecule has 24 heavy (non-hydrogen) atoms. The predicted octanol–water partition coefficient (Wildman–Crippen LogP) is 6.13. The van der Waals surface area contributed by atoms with Crippen LogP contribution in [-0.4, -0.2) is 5.78 Å². The van der Waals surface area contributed by atoms with Crippen LogP contribution < -0.4 is 0 Å². The molecule has 0 N–H and O–H groups in total. The third kappa shape index (κ3) is 3.93. The van der Waals surface area contributed by atoms with Crippen LogP contribution in [-0.2, 0) is 12.8 Å². The number of rotatable bonds is 4. The molecule has 0 saturated heterocycles. The zero-order chi connectivity index (χ0) is 16.9. The van der Waals surface area contributed by atoms with E-state index in [-0.39, 0.29) is 5.78 Å². The van der Waals surface area contributed by atoms with E-state index in [0.29, 0.717) is 0 Å². The summed E-state index contributed by atoms with van der Waals surface area (Å²) in [5.41, 5.74) is 5.66. The first kappa shape index (κ1) is 16.9. The standard InChI is InChI=1S/C22H21BrO/c1-16(23)21(18-8-3-2-4-9-18)13-14-22(24)20-12-11-17-7-5-6-10-19(17)15-20/h2-4,8-9,11-15H,5-7,10H2,1H3/b14-13+,21-16-. The number of hydrogen-bond donors (Lipinski definition) is 0. The van der Waals surface area contributed by atoms with Crippen LogP contribution in [0.1, 0.15) is 46.8 Å². The molecule has 0 fully saturated rings. The third-order valence-electron chi connectivity index (χ3n) is 4.49. The average molecular weight is 381 g/mol. The SMILES string of the molecule is C/C(Br)=C(\C=C\C(=O)c1ccc2c(c1)CCCC2)c1ccccc1. The first-order chi connectivity index (χ1) is 11.6. The highest BCUT2D eigenvalue weighted by Gasteiger charge is 2.11. The van der Waals surface area contributed by atoms with Gasteiger partial charge in [-0.25, -0.2) is 0 Å². The smallest absolute Gasteiger partial charge is 0.185 e. The summed E-state index contributed by atoms with van der Waals surface area (Å²) in [6.07, 6.45) is 8.30. The quantitative estimate of drug-likeness (QED) is 0.354. The number of carbonyl (C=O) groups excluding carboxylic acids is 1. The van der Waals surface area contributed by atoms with E-state index in [0.717, 1.165) is 34.0 Å². The summed E-state index contributed by atoms with van der Waals surface area (Å²) >= 11 is 3.55. The van der Waals surface area contributed by atoms with Crippen LogP contribution in [0.5, 0.6) is 0 Å². The number of halogens is 1. The Morgan fingerprint density at radius 3 is 2.33 bits per heavy atom. The molecule has 0 atom stereocenters. The molecule has 2 heteroatoms. The van der Waals surface area contributed by atoms with E-state index in [4.69, 9.17) is 0 Å². The van der Waals surface area contributed by atoms with Crippen LogP contribution in [0, 0.1) is 0 Å². The van der Waals surface area contributed by atoms with E-state index < -0.39 is 0 Å². The molecule has 0 heterocycles. The number of allylic oxidation sites excluding steroid dienone is 4. The van der Waals surface area contributed by atoms with E-state index in [2.05, 4.69) is 28.1 Å². The molecule has 2 aromatic carbocycles. The summed E-state index contributed by atoms with van der Waals surface area (Å²) in [7, 11) is 0. The zero-order valence-corrected chi connectivity index (χ0v) is 15.5. The van der Waals surface area contributed by atoms with Gasteiger partial charge in [-0.05, 0) is 77.6 Å². The fourth-order valence-electron chi connectivity index (χ4n) is 3.17. The van der Waals surface area contributed by atoms with Gasteiger partial charge in [-0.15, -0.1) is 0 Å². The van der Waals surface area contributed by atoms with E-state index in [1.807, 2.05) is 49.4 Å². The lowest BCUT2D eigenvalue weighted by molar-refractivity contribution is 0.104.